The maximum absolute atomic E-state index is 16.2. The maximum atomic E-state index is 16.2. The van der Waals surface area contributed by atoms with Crippen molar-refractivity contribution in [2.75, 3.05) is 7.05 Å². The first-order valence-corrected chi connectivity index (χ1v) is 23.8. The molecule has 0 aliphatic carbocycles. The lowest BCUT2D eigenvalue weighted by atomic mass is 9.69. The zero-order valence-electron chi connectivity index (χ0n) is 40.0. The van der Waals surface area contributed by atoms with Gasteiger partial charge in [-0.2, -0.15) is 4.59 Å². The quantitative estimate of drug-likeness (QED) is 0.0690. The number of carboxylic acids is 1. The molecule has 7 aromatic carbocycles. The highest BCUT2D eigenvalue weighted by Crippen LogP contribution is 2.57. The van der Waals surface area contributed by atoms with Crippen LogP contribution in [0.5, 0.6) is 0 Å². The van der Waals surface area contributed by atoms with E-state index in [2.05, 4.69) is 5.43 Å². The summed E-state index contributed by atoms with van der Waals surface area (Å²) in [4.78, 5) is 67.2. The predicted molar refractivity (Wildman–Crippen MR) is 292 cm³/mol. The van der Waals surface area contributed by atoms with Gasteiger partial charge in [0.25, 0.3) is 0 Å². The lowest BCUT2D eigenvalue weighted by Crippen LogP contribution is -2.65. The van der Waals surface area contributed by atoms with Crippen molar-refractivity contribution in [3.8, 4) is 0 Å². The summed E-state index contributed by atoms with van der Waals surface area (Å²) in [6, 6.07) is 65.0. The van der Waals surface area contributed by atoms with Crippen LogP contribution in [0, 0.1) is 0 Å². The second-order valence-corrected chi connectivity index (χ2v) is 17.5. The van der Waals surface area contributed by atoms with Crippen molar-refractivity contribution in [2.24, 2.45) is 0 Å². The third-order valence-electron chi connectivity index (χ3n) is 12.8. The first-order chi connectivity index (χ1) is 35.6. The Kier molecular flexibility index (Phi) is 14.6. The number of hydrogen-bond donors (Lipinski definition) is 2. The fraction of sp³-hybridized carbons (Fsp3) is 0.0308. The number of benzene rings is 7. The Morgan fingerprint density at radius 1 is 0.493 bits per heavy atom. The van der Waals surface area contributed by atoms with Gasteiger partial charge in [0.1, 0.15) is 0 Å². The number of aliphatic carboxylic acids is 1. The van der Waals surface area contributed by atoms with E-state index in [4.69, 9.17) is 4.98 Å². The van der Waals surface area contributed by atoms with Crippen molar-refractivity contribution in [2.45, 2.75) is 5.54 Å². The molecule has 354 valence electrons. The van der Waals surface area contributed by atoms with E-state index in [9.17, 15) is 9.90 Å². The number of rotatable bonds is 17. The number of carbonyl (C=O) groups is 4. The molecule has 2 N–H and O–H groups in total. The number of nitrogens with zero attached hydrogens (tertiary/aromatic N) is 2. The monoisotopic (exact) mass is 952 g/mol. The molecule has 2 heterocycles. The number of nitrogens with one attached hydrogen (secondary N) is 1. The van der Waals surface area contributed by atoms with Crippen LogP contribution in [0.1, 0.15) is 38.9 Å². The molecule has 2 atom stereocenters. The molecule has 8 nitrogen and oxygen atoms in total. The van der Waals surface area contributed by atoms with Gasteiger partial charge in [-0.15, -0.1) is 0 Å². The smallest absolute Gasteiger partial charge is 0.357 e. The lowest BCUT2D eigenvalue weighted by molar-refractivity contribution is -0.945. The van der Waals surface area contributed by atoms with E-state index >= 15 is 14.4 Å². The van der Waals surface area contributed by atoms with Gasteiger partial charge >= 0.3 is 5.97 Å². The Hall–Kier alpha value is -9.63. The molecule has 0 saturated carbocycles. The number of hydrogen-bond acceptors (Lipinski definition) is 6. The molecule has 0 bridgehead atoms. The SMILES string of the molecule is C[N+]1(C(=Cc2ccccc2)C(=O)C=Cc2ccccc2)NC(C(=O)O)=C(C(=Cc2ccccc2)C(=O)C=Cc2ccccc2)C1(C(=Cc1ccccc1)C(=O)C=Cc1ccccc1)c1cnc2ccccc2c1. The van der Waals surface area contributed by atoms with Gasteiger partial charge in [-0.25, -0.2) is 10.2 Å². The van der Waals surface area contributed by atoms with Gasteiger partial charge in [0, 0.05) is 28.8 Å². The molecule has 73 heavy (non-hydrogen) atoms. The molecule has 0 spiro atoms. The molecule has 0 amide bonds. The van der Waals surface area contributed by atoms with Crippen LogP contribution >= 0.6 is 0 Å². The third-order valence-corrected chi connectivity index (χ3v) is 12.8. The standard InChI is InChI=1S/C65H49N3O5/c1-68(58(44-52-32-18-7-19-33-52)61(71)41-38-49-26-12-4-13-27-49)65(54-45-53-34-20-21-35-57(53)66-46-54,56(43-51-30-16-6-17-31-51)60(70)40-37-48-24-10-3-11-25-48)62(63(67-68)64(72)73)55(42-50-28-14-5-15-29-50)59(69)39-36-47-22-8-2-9-23-47/h2-46,67H,1H3/p+1. The molecule has 2 unspecified atom stereocenters. The third kappa shape index (κ3) is 10.5. The molecule has 8 heteroatoms. The average Bonchev–Trinajstić information content (AvgIpc) is 3.73. The van der Waals surface area contributed by atoms with Crippen LogP contribution in [0.25, 0.3) is 47.4 Å². The van der Waals surface area contributed by atoms with Gasteiger partial charge in [-0.05, 0) is 75.9 Å². The van der Waals surface area contributed by atoms with Crippen molar-refractivity contribution in [3.63, 3.8) is 0 Å². The first-order valence-electron chi connectivity index (χ1n) is 23.8. The molecular formula is C65H50N3O5+. The number of para-hydroxylation sites is 1. The Balaban J connectivity index is 1.48. The van der Waals surface area contributed by atoms with Crippen molar-refractivity contribution in [1.29, 1.82) is 0 Å². The zero-order chi connectivity index (χ0) is 50.6. The van der Waals surface area contributed by atoms with Crippen molar-refractivity contribution >= 4 is 70.7 Å². The topological polar surface area (TPSA) is 113 Å². The highest BCUT2D eigenvalue weighted by molar-refractivity contribution is 6.17. The Labute approximate surface area is 424 Å². The van der Waals surface area contributed by atoms with E-state index < -0.39 is 39.1 Å². The van der Waals surface area contributed by atoms with Crippen LogP contribution in [0.4, 0.5) is 0 Å². The lowest BCUT2D eigenvalue weighted by Gasteiger charge is -2.47. The van der Waals surface area contributed by atoms with Crippen molar-refractivity contribution < 1.29 is 28.9 Å². The Morgan fingerprint density at radius 2 is 0.904 bits per heavy atom. The first kappa shape index (κ1) is 48.4. The number of fused-ring (bicyclic) bond motifs is 1. The van der Waals surface area contributed by atoms with E-state index in [0.717, 1.165) is 16.7 Å². The number of quaternary nitrogens is 1. The summed E-state index contributed by atoms with van der Waals surface area (Å²) < 4.78 is -0.803. The summed E-state index contributed by atoms with van der Waals surface area (Å²) in [5, 5.41) is 12.5. The number of carbonyl (C=O) groups excluding carboxylic acids is 3. The molecule has 0 radical (unpaired) electrons. The minimum atomic E-state index is -2.15. The molecule has 9 rings (SSSR count). The van der Waals surface area contributed by atoms with Crippen LogP contribution in [0.15, 0.2) is 265 Å². The second kappa shape index (κ2) is 22.0. The van der Waals surface area contributed by atoms with Crippen molar-refractivity contribution in [1.82, 2.24) is 10.4 Å². The largest absolute Gasteiger partial charge is 0.476 e. The summed E-state index contributed by atoms with van der Waals surface area (Å²) in [5.41, 5.74) is 5.67. The number of ketones is 3. The van der Waals surface area contributed by atoms with Crippen LogP contribution in [-0.2, 0) is 24.7 Å². The van der Waals surface area contributed by atoms with Gasteiger partial charge in [0.05, 0.1) is 23.7 Å². The highest BCUT2D eigenvalue weighted by Gasteiger charge is 2.68. The summed E-state index contributed by atoms with van der Waals surface area (Å²) >= 11 is 0. The van der Waals surface area contributed by atoms with Gasteiger partial charge in [0.15, 0.2) is 17.3 Å². The molecule has 1 aliphatic heterocycles. The summed E-state index contributed by atoms with van der Waals surface area (Å²) in [7, 11) is 1.69. The zero-order valence-corrected chi connectivity index (χ0v) is 40.0. The molecule has 1 aromatic heterocycles. The molecular weight excluding hydrogens is 903 g/mol. The van der Waals surface area contributed by atoms with E-state index in [0.29, 0.717) is 33.2 Å². The predicted octanol–water partition coefficient (Wildman–Crippen LogP) is 12.8. The number of pyridine rings is 1. The maximum Gasteiger partial charge on any atom is 0.357 e. The Bertz CT molecular complexity index is 3550. The normalized spacial score (nSPS) is 17.4. The highest BCUT2D eigenvalue weighted by atomic mass is 16.4. The van der Waals surface area contributed by atoms with Gasteiger partial charge < -0.3 is 5.11 Å². The van der Waals surface area contributed by atoms with Gasteiger partial charge in [-0.3, -0.25) is 19.4 Å². The average molecular weight is 953 g/mol. The minimum absolute atomic E-state index is 0.0295. The number of allylic oxidation sites excluding steroid dienone is 3. The molecule has 0 fully saturated rings. The van der Waals surface area contributed by atoms with E-state index in [1.54, 1.807) is 49.7 Å². The van der Waals surface area contributed by atoms with E-state index in [1.165, 1.54) is 18.2 Å². The second-order valence-electron chi connectivity index (χ2n) is 17.5. The fourth-order valence-electron chi connectivity index (χ4n) is 9.35. The van der Waals surface area contributed by atoms with Crippen LogP contribution in [-0.4, -0.2) is 45.0 Å². The fourth-order valence-corrected chi connectivity index (χ4v) is 9.35. The van der Waals surface area contributed by atoms with E-state index in [-0.39, 0.29) is 22.4 Å². The number of carboxylic acid groups (broad SMARTS) is 1. The minimum Gasteiger partial charge on any atom is -0.476 e. The Morgan fingerprint density at radius 3 is 1.40 bits per heavy atom. The van der Waals surface area contributed by atoms with Gasteiger partial charge in [0.2, 0.25) is 17.0 Å². The number of aromatic nitrogens is 1. The van der Waals surface area contributed by atoms with E-state index in [1.807, 2.05) is 212 Å². The van der Waals surface area contributed by atoms with Crippen LogP contribution < -0.4 is 5.43 Å². The number of likely N-dealkylation sites (N-methyl/N-ethyl adjacent to an activating group) is 1. The van der Waals surface area contributed by atoms with Crippen LogP contribution in [0.3, 0.4) is 0 Å². The summed E-state index contributed by atoms with van der Waals surface area (Å²) in [6.45, 7) is 0. The summed E-state index contributed by atoms with van der Waals surface area (Å²) in [5.74, 6) is -3.05. The molecule has 0 saturated heterocycles. The van der Waals surface area contributed by atoms with Crippen molar-refractivity contribution in [3.05, 3.63) is 304 Å². The van der Waals surface area contributed by atoms with Gasteiger partial charge in [-0.1, -0.05) is 218 Å². The van der Waals surface area contributed by atoms with Crippen LogP contribution in [0.2, 0.25) is 0 Å². The molecule has 8 aromatic rings. The summed E-state index contributed by atoms with van der Waals surface area (Å²) in [6.07, 6.45) is 16.1. The molecule has 1 aliphatic rings.